The maximum Gasteiger partial charge on any atom is 0.157 e. The van der Waals surface area contributed by atoms with Crippen LogP contribution in [0, 0.1) is 11.3 Å². The van der Waals surface area contributed by atoms with E-state index < -0.39 is 0 Å². The maximum atomic E-state index is 8.82. The van der Waals surface area contributed by atoms with E-state index in [0.717, 1.165) is 5.82 Å². The zero-order valence-corrected chi connectivity index (χ0v) is 8.51. The van der Waals surface area contributed by atoms with Gasteiger partial charge < -0.3 is 16.0 Å². The van der Waals surface area contributed by atoms with E-state index in [2.05, 4.69) is 19.7 Å². The molecule has 0 bridgehead atoms. The molecule has 2 rings (SSSR count). The molecular formula is C8H8N6S. The van der Waals surface area contributed by atoms with Crippen molar-refractivity contribution >= 4 is 22.4 Å². The molecule has 2 aromatic rings. The number of rotatable bonds is 3. The van der Waals surface area contributed by atoms with Gasteiger partial charge in [-0.1, -0.05) is 0 Å². The lowest BCUT2D eigenvalue weighted by atomic mass is 10.3. The molecule has 0 spiro atoms. The average molecular weight is 220 g/mol. The number of H-pyrrole nitrogens is 1. The topological polar surface area (TPSA) is 103 Å². The minimum atomic E-state index is 0.268. The summed E-state index contributed by atoms with van der Waals surface area (Å²) in [7, 11) is 0. The number of nitrogens with two attached hydrogens (primary N) is 1. The highest BCUT2D eigenvalue weighted by atomic mass is 32.1. The molecule has 0 atom stereocenters. The fraction of sp³-hybridized carbons (Fsp3) is 0.125. The van der Waals surface area contributed by atoms with Crippen molar-refractivity contribution in [3.8, 4) is 6.07 Å². The van der Waals surface area contributed by atoms with E-state index in [1.807, 2.05) is 6.07 Å². The first-order chi connectivity index (χ1) is 7.31. The van der Waals surface area contributed by atoms with Gasteiger partial charge in [-0.15, -0.1) is 0 Å². The second-order valence-corrected chi connectivity index (χ2v) is 3.55. The molecule has 0 amide bonds. The number of aromatic nitrogens is 3. The monoisotopic (exact) mass is 220 g/mol. The van der Waals surface area contributed by atoms with E-state index in [1.54, 1.807) is 12.4 Å². The third-order valence-corrected chi connectivity index (χ3v) is 2.62. The van der Waals surface area contributed by atoms with Crippen LogP contribution < -0.4 is 11.1 Å². The first kappa shape index (κ1) is 9.48. The summed E-state index contributed by atoms with van der Waals surface area (Å²) >= 11 is 1.17. The molecule has 76 valence electrons. The third kappa shape index (κ3) is 1.89. The predicted octanol–water partition coefficient (Wildman–Crippen LogP) is 0.932. The van der Waals surface area contributed by atoms with Crippen molar-refractivity contribution in [3.05, 3.63) is 23.8 Å². The number of anilines is 2. The average Bonchev–Trinajstić information content (AvgIpc) is 2.84. The van der Waals surface area contributed by atoms with Crippen LogP contribution >= 0.6 is 11.5 Å². The quantitative estimate of drug-likeness (QED) is 0.714. The van der Waals surface area contributed by atoms with E-state index in [4.69, 9.17) is 11.0 Å². The van der Waals surface area contributed by atoms with Crippen LogP contribution in [-0.4, -0.2) is 14.3 Å². The Labute approximate surface area is 89.9 Å². The fourth-order valence-corrected chi connectivity index (χ4v) is 1.75. The zero-order chi connectivity index (χ0) is 10.7. The molecule has 0 saturated heterocycles. The van der Waals surface area contributed by atoms with Gasteiger partial charge in [-0.25, -0.2) is 4.98 Å². The molecule has 7 heteroatoms. The molecule has 15 heavy (non-hydrogen) atoms. The van der Waals surface area contributed by atoms with Crippen molar-refractivity contribution in [1.29, 1.82) is 5.26 Å². The van der Waals surface area contributed by atoms with Gasteiger partial charge in [0.05, 0.1) is 6.54 Å². The Morgan fingerprint density at radius 1 is 1.67 bits per heavy atom. The van der Waals surface area contributed by atoms with Gasteiger partial charge in [0.1, 0.15) is 22.5 Å². The van der Waals surface area contributed by atoms with E-state index in [-0.39, 0.29) is 5.82 Å². The van der Waals surface area contributed by atoms with Gasteiger partial charge in [0.15, 0.2) is 5.82 Å². The summed E-state index contributed by atoms with van der Waals surface area (Å²) in [4.78, 5) is 6.99. The second kappa shape index (κ2) is 3.98. The van der Waals surface area contributed by atoms with Gasteiger partial charge in [0.25, 0.3) is 0 Å². The molecule has 0 radical (unpaired) electrons. The van der Waals surface area contributed by atoms with E-state index in [0.29, 0.717) is 17.1 Å². The van der Waals surface area contributed by atoms with Gasteiger partial charge in [0, 0.05) is 12.4 Å². The minimum Gasteiger partial charge on any atom is -0.382 e. The van der Waals surface area contributed by atoms with Crippen molar-refractivity contribution in [2.75, 3.05) is 11.1 Å². The Bertz CT molecular complexity index is 480. The van der Waals surface area contributed by atoms with Crippen LogP contribution in [0.5, 0.6) is 0 Å². The van der Waals surface area contributed by atoms with Crippen LogP contribution in [0.1, 0.15) is 11.4 Å². The van der Waals surface area contributed by atoms with Gasteiger partial charge in [0.2, 0.25) is 0 Å². The Hall–Kier alpha value is -2.07. The molecule has 4 N–H and O–H groups in total. The Morgan fingerprint density at radius 3 is 3.20 bits per heavy atom. The van der Waals surface area contributed by atoms with Crippen LogP contribution in [0.25, 0.3) is 0 Å². The van der Waals surface area contributed by atoms with Crippen LogP contribution in [0.2, 0.25) is 0 Å². The normalized spacial score (nSPS) is 9.80. The van der Waals surface area contributed by atoms with Crippen LogP contribution in [0.4, 0.5) is 10.8 Å². The standard InChI is InChI=1S/C8H8N6S/c9-3-5-7(10)14-15-8(5)13-4-6-11-1-2-12-6/h1-2,13H,4H2,(H2,10,14)(H,11,12). The molecule has 0 saturated carbocycles. The van der Waals surface area contributed by atoms with Crippen molar-refractivity contribution in [3.63, 3.8) is 0 Å². The molecule has 0 aliphatic rings. The summed E-state index contributed by atoms with van der Waals surface area (Å²) in [5.74, 6) is 1.07. The number of hydrogen-bond acceptors (Lipinski definition) is 6. The summed E-state index contributed by atoms with van der Waals surface area (Å²) in [6, 6.07) is 2.00. The molecule has 0 aliphatic carbocycles. The summed E-state index contributed by atoms with van der Waals surface area (Å²) in [5, 5.41) is 12.5. The highest BCUT2D eigenvalue weighted by Crippen LogP contribution is 2.25. The Morgan fingerprint density at radius 2 is 2.53 bits per heavy atom. The SMILES string of the molecule is N#Cc1c(N)nsc1NCc1ncc[nH]1. The number of hydrogen-bond donors (Lipinski definition) is 3. The van der Waals surface area contributed by atoms with Crippen molar-refractivity contribution in [2.45, 2.75) is 6.54 Å². The first-order valence-corrected chi connectivity index (χ1v) is 4.96. The molecule has 0 aromatic carbocycles. The van der Waals surface area contributed by atoms with E-state index >= 15 is 0 Å². The summed E-state index contributed by atoms with van der Waals surface area (Å²) in [6.45, 7) is 0.517. The lowest BCUT2D eigenvalue weighted by Gasteiger charge is -1.99. The van der Waals surface area contributed by atoms with Gasteiger partial charge in [-0.05, 0) is 11.5 Å². The predicted molar refractivity (Wildman–Crippen MR) is 57.2 cm³/mol. The lowest BCUT2D eigenvalue weighted by molar-refractivity contribution is 1.00. The molecule has 0 unspecified atom stereocenters. The number of nitrogens with one attached hydrogen (secondary N) is 2. The van der Waals surface area contributed by atoms with E-state index in [1.165, 1.54) is 11.5 Å². The second-order valence-electron chi connectivity index (χ2n) is 2.77. The number of imidazole rings is 1. The molecule has 2 heterocycles. The van der Waals surface area contributed by atoms with Crippen molar-refractivity contribution in [2.24, 2.45) is 0 Å². The number of nitrogen functional groups attached to an aromatic ring is 1. The molecule has 6 nitrogen and oxygen atoms in total. The Balaban J connectivity index is 2.09. The van der Waals surface area contributed by atoms with Gasteiger partial charge in [-0.2, -0.15) is 9.64 Å². The Kier molecular flexibility index (Phi) is 2.51. The van der Waals surface area contributed by atoms with E-state index in [9.17, 15) is 0 Å². The smallest absolute Gasteiger partial charge is 0.157 e. The highest BCUT2D eigenvalue weighted by molar-refractivity contribution is 7.10. The highest BCUT2D eigenvalue weighted by Gasteiger charge is 2.10. The van der Waals surface area contributed by atoms with Crippen molar-refractivity contribution in [1.82, 2.24) is 14.3 Å². The molecule has 0 aliphatic heterocycles. The largest absolute Gasteiger partial charge is 0.382 e. The summed E-state index contributed by atoms with van der Waals surface area (Å²) in [5.41, 5.74) is 5.91. The summed E-state index contributed by atoms with van der Waals surface area (Å²) in [6.07, 6.45) is 3.41. The number of aromatic amines is 1. The van der Waals surface area contributed by atoms with Gasteiger partial charge in [-0.3, -0.25) is 0 Å². The molecule has 2 aromatic heterocycles. The maximum absolute atomic E-state index is 8.82. The third-order valence-electron chi connectivity index (χ3n) is 1.80. The zero-order valence-electron chi connectivity index (χ0n) is 7.69. The molecular weight excluding hydrogens is 212 g/mol. The molecule has 0 fully saturated rings. The minimum absolute atomic E-state index is 0.268. The van der Waals surface area contributed by atoms with Crippen LogP contribution in [0.3, 0.4) is 0 Å². The van der Waals surface area contributed by atoms with Crippen LogP contribution in [0.15, 0.2) is 12.4 Å². The summed E-state index contributed by atoms with van der Waals surface area (Å²) < 4.78 is 3.89. The number of nitriles is 1. The van der Waals surface area contributed by atoms with Crippen molar-refractivity contribution < 1.29 is 0 Å². The fourth-order valence-electron chi connectivity index (χ4n) is 1.09. The lowest BCUT2D eigenvalue weighted by Crippen LogP contribution is -2.01. The van der Waals surface area contributed by atoms with Gasteiger partial charge >= 0.3 is 0 Å². The first-order valence-electron chi connectivity index (χ1n) is 4.18. The number of nitrogens with zero attached hydrogens (tertiary/aromatic N) is 3. The van der Waals surface area contributed by atoms with Crippen LogP contribution in [-0.2, 0) is 6.54 Å².